The molecule has 0 aliphatic rings. The molecule has 3 nitrogen and oxygen atoms in total. The Labute approximate surface area is 104 Å². The molecule has 0 aromatic heterocycles. The number of aliphatic hydroxyl groups is 1. The van der Waals surface area contributed by atoms with E-state index in [1.54, 1.807) is 0 Å². The Balaban J connectivity index is 2.70. The quantitative estimate of drug-likeness (QED) is 0.765. The van der Waals surface area contributed by atoms with E-state index < -0.39 is 0 Å². The number of nitrogens with one attached hydrogen (secondary N) is 1. The molecule has 2 atom stereocenters. The highest BCUT2D eigenvalue weighted by molar-refractivity contribution is 5.35. The van der Waals surface area contributed by atoms with Crippen LogP contribution in [0.4, 0.5) is 0 Å². The van der Waals surface area contributed by atoms with Crippen molar-refractivity contribution in [2.75, 3.05) is 19.8 Å². The Morgan fingerprint density at radius 1 is 1.29 bits per heavy atom. The number of para-hydroxylation sites is 1. The molecule has 2 N–H and O–H groups in total. The third-order valence-corrected chi connectivity index (χ3v) is 2.73. The van der Waals surface area contributed by atoms with Crippen molar-refractivity contribution >= 4 is 0 Å². The average Bonchev–Trinajstić information content (AvgIpc) is 2.36. The fourth-order valence-electron chi connectivity index (χ4n) is 1.67. The fraction of sp³-hybridized carbons (Fsp3) is 0.571. The zero-order valence-electron chi connectivity index (χ0n) is 10.9. The highest BCUT2D eigenvalue weighted by atomic mass is 16.5. The summed E-state index contributed by atoms with van der Waals surface area (Å²) >= 11 is 0. The lowest BCUT2D eigenvalue weighted by atomic mass is 10.1. The van der Waals surface area contributed by atoms with Crippen LogP contribution < -0.4 is 10.1 Å². The number of hydrogen-bond acceptors (Lipinski definition) is 3. The van der Waals surface area contributed by atoms with Crippen LogP contribution in [0.1, 0.15) is 32.4 Å². The summed E-state index contributed by atoms with van der Waals surface area (Å²) in [6.45, 7) is 7.82. The summed E-state index contributed by atoms with van der Waals surface area (Å²) in [7, 11) is 0. The Hall–Kier alpha value is -1.06. The first-order valence-corrected chi connectivity index (χ1v) is 6.25. The lowest BCUT2D eigenvalue weighted by Crippen LogP contribution is -2.19. The van der Waals surface area contributed by atoms with E-state index >= 15 is 0 Å². The van der Waals surface area contributed by atoms with E-state index in [9.17, 15) is 0 Å². The van der Waals surface area contributed by atoms with E-state index in [-0.39, 0.29) is 18.6 Å². The van der Waals surface area contributed by atoms with Gasteiger partial charge in [0.15, 0.2) is 0 Å². The summed E-state index contributed by atoms with van der Waals surface area (Å²) in [6.07, 6.45) is 0. The van der Waals surface area contributed by atoms with E-state index in [1.807, 2.05) is 25.1 Å². The number of rotatable bonds is 7. The van der Waals surface area contributed by atoms with Crippen LogP contribution in [0.25, 0.3) is 0 Å². The smallest absolute Gasteiger partial charge is 0.124 e. The van der Waals surface area contributed by atoms with Crippen molar-refractivity contribution in [1.82, 2.24) is 5.32 Å². The number of ether oxygens (including phenoxy) is 1. The number of hydrogen-bond donors (Lipinski definition) is 2. The van der Waals surface area contributed by atoms with Crippen molar-refractivity contribution in [3.8, 4) is 5.75 Å². The van der Waals surface area contributed by atoms with Gasteiger partial charge < -0.3 is 15.2 Å². The van der Waals surface area contributed by atoms with Crippen LogP contribution in [0, 0.1) is 5.92 Å². The van der Waals surface area contributed by atoms with Crippen LogP contribution in [0.5, 0.6) is 5.75 Å². The van der Waals surface area contributed by atoms with Gasteiger partial charge in [0.05, 0.1) is 6.61 Å². The summed E-state index contributed by atoms with van der Waals surface area (Å²) < 4.78 is 5.76. The van der Waals surface area contributed by atoms with Crippen molar-refractivity contribution in [1.29, 1.82) is 0 Å². The topological polar surface area (TPSA) is 41.5 Å². The highest BCUT2D eigenvalue weighted by Gasteiger charge is 2.10. The molecule has 0 fully saturated rings. The van der Waals surface area contributed by atoms with Crippen LogP contribution in [0.15, 0.2) is 24.3 Å². The summed E-state index contributed by atoms with van der Waals surface area (Å²) in [5.74, 6) is 1.07. The minimum Gasteiger partial charge on any atom is -0.493 e. The van der Waals surface area contributed by atoms with Gasteiger partial charge in [-0.1, -0.05) is 32.0 Å². The summed E-state index contributed by atoms with van der Waals surface area (Å²) in [5, 5.41) is 12.4. The normalized spacial score (nSPS) is 14.4. The minimum absolute atomic E-state index is 0.158. The predicted octanol–water partition coefficient (Wildman–Crippen LogP) is 2.36. The van der Waals surface area contributed by atoms with Gasteiger partial charge in [0, 0.05) is 24.1 Å². The van der Waals surface area contributed by atoms with Gasteiger partial charge >= 0.3 is 0 Å². The molecule has 96 valence electrons. The zero-order valence-corrected chi connectivity index (χ0v) is 10.9. The molecule has 3 heteroatoms. The molecule has 1 aromatic rings. The first-order valence-electron chi connectivity index (χ1n) is 6.25. The molecule has 0 aliphatic heterocycles. The molecule has 2 unspecified atom stereocenters. The Morgan fingerprint density at radius 3 is 2.65 bits per heavy atom. The van der Waals surface area contributed by atoms with Gasteiger partial charge in [0.2, 0.25) is 0 Å². The lowest BCUT2D eigenvalue weighted by molar-refractivity contribution is 0.173. The molecule has 0 radical (unpaired) electrons. The first-order chi connectivity index (χ1) is 8.19. The van der Waals surface area contributed by atoms with Crippen LogP contribution in [0.2, 0.25) is 0 Å². The van der Waals surface area contributed by atoms with Gasteiger partial charge in [0.1, 0.15) is 5.75 Å². The predicted molar refractivity (Wildman–Crippen MR) is 70.3 cm³/mol. The molecule has 0 spiro atoms. The van der Waals surface area contributed by atoms with Gasteiger partial charge in [-0.25, -0.2) is 0 Å². The second kappa shape index (κ2) is 7.30. The van der Waals surface area contributed by atoms with Crippen molar-refractivity contribution in [3.63, 3.8) is 0 Å². The largest absolute Gasteiger partial charge is 0.493 e. The van der Waals surface area contributed by atoms with E-state index in [1.165, 1.54) is 5.56 Å². The van der Waals surface area contributed by atoms with Crippen molar-refractivity contribution in [2.45, 2.75) is 26.8 Å². The third-order valence-electron chi connectivity index (χ3n) is 2.73. The Bertz CT molecular complexity index is 328. The van der Waals surface area contributed by atoms with E-state index in [2.05, 4.69) is 25.2 Å². The van der Waals surface area contributed by atoms with Crippen LogP contribution in [0.3, 0.4) is 0 Å². The van der Waals surface area contributed by atoms with Gasteiger partial charge in [-0.3, -0.25) is 0 Å². The summed E-state index contributed by atoms with van der Waals surface area (Å²) in [6, 6.07) is 8.33. The standard InChI is InChI=1S/C14H23NO2/c1-4-15-12(3)13-7-5-6-8-14(13)17-10-11(2)9-16/h5-8,11-12,15-16H,4,9-10H2,1-3H3. The van der Waals surface area contributed by atoms with Crippen LogP contribution >= 0.6 is 0 Å². The second-order valence-corrected chi connectivity index (χ2v) is 4.42. The van der Waals surface area contributed by atoms with Crippen LogP contribution in [-0.4, -0.2) is 24.9 Å². The van der Waals surface area contributed by atoms with E-state index in [0.29, 0.717) is 6.61 Å². The summed E-state index contributed by atoms with van der Waals surface area (Å²) in [4.78, 5) is 0. The molecule has 0 bridgehead atoms. The van der Waals surface area contributed by atoms with Gasteiger partial charge in [-0.15, -0.1) is 0 Å². The first kappa shape index (κ1) is 14.0. The molecule has 0 aliphatic carbocycles. The molecule has 0 amide bonds. The Kier molecular flexibility index (Phi) is 6.01. The minimum atomic E-state index is 0.158. The maximum Gasteiger partial charge on any atom is 0.124 e. The lowest BCUT2D eigenvalue weighted by Gasteiger charge is -2.18. The second-order valence-electron chi connectivity index (χ2n) is 4.42. The monoisotopic (exact) mass is 237 g/mol. The molecular weight excluding hydrogens is 214 g/mol. The molecule has 0 saturated carbocycles. The van der Waals surface area contributed by atoms with E-state index in [4.69, 9.17) is 9.84 Å². The highest BCUT2D eigenvalue weighted by Crippen LogP contribution is 2.25. The zero-order chi connectivity index (χ0) is 12.7. The van der Waals surface area contributed by atoms with Crippen molar-refractivity contribution in [2.24, 2.45) is 5.92 Å². The molecule has 1 rings (SSSR count). The molecule has 17 heavy (non-hydrogen) atoms. The SMILES string of the molecule is CCNC(C)c1ccccc1OCC(C)CO. The molecular formula is C14H23NO2. The summed E-state index contributed by atoms with van der Waals surface area (Å²) in [5.41, 5.74) is 1.17. The molecule has 1 aromatic carbocycles. The third kappa shape index (κ3) is 4.36. The number of benzene rings is 1. The van der Waals surface area contributed by atoms with Gasteiger partial charge in [-0.2, -0.15) is 0 Å². The van der Waals surface area contributed by atoms with Gasteiger partial charge in [0.25, 0.3) is 0 Å². The van der Waals surface area contributed by atoms with E-state index in [0.717, 1.165) is 12.3 Å². The fourth-order valence-corrected chi connectivity index (χ4v) is 1.67. The number of aliphatic hydroxyl groups excluding tert-OH is 1. The van der Waals surface area contributed by atoms with Crippen LogP contribution in [-0.2, 0) is 0 Å². The molecule has 0 heterocycles. The van der Waals surface area contributed by atoms with Crippen molar-refractivity contribution in [3.05, 3.63) is 29.8 Å². The average molecular weight is 237 g/mol. The van der Waals surface area contributed by atoms with Crippen molar-refractivity contribution < 1.29 is 9.84 Å². The maximum absolute atomic E-state index is 8.98. The Morgan fingerprint density at radius 2 is 2.00 bits per heavy atom. The maximum atomic E-state index is 8.98. The van der Waals surface area contributed by atoms with Gasteiger partial charge in [-0.05, 0) is 19.5 Å². The molecule has 0 saturated heterocycles.